The second-order valence-corrected chi connectivity index (χ2v) is 4.88. The maximum absolute atomic E-state index is 13.3. The fraction of sp³-hybridized carbons (Fsp3) is 0.385. The minimum Gasteiger partial charge on any atom is -0.348 e. The molecule has 0 atom stereocenters. The third-order valence-electron chi connectivity index (χ3n) is 2.39. The van der Waals surface area contributed by atoms with E-state index in [-0.39, 0.29) is 5.69 Å². The Balaban J connectivity index is 2.33. The zero-order chi connectivity index (χ0) is 14.1. The molecule has 0 aliphatic rings. The SMILES string of the molecule is CSCCCCNC(=O)C(=O)Nc1ccccc1F. The minimum atomic E-state index is -0.852. The number of hydrogen-bond acceptors (Lipinski definition) is 3. The molecule has 1 aromatic rings. The first-order chi connectivity index (χ1) is 9.15. The molecule has 0 bridgehead atoms. The van der Waals surface area contributed by atoms with Crippen LogP contribution in [0.15, 0.2) is 24.3 Å². The number of para-hydroxylation sites is 1. The first-order valence-corrected chi connectivity index (χ1v) is 7.37. The van der Waals surface area contributed by atoms with Crippen molar-refractivity contribution in [1.29, 1.82) is 0 Å². The molecule has 19 heavy (non-hydrogen) atoms. The molecule has 0 aromatic heterocycles. The Hall–Kier alpha value is -1.56. The monoisotopic (exact) mass is 284 g/mol. The topological polar surface area (TPSA) is 58.2 Å². The lowest BCUT2D eigenvalue weighted by Crippen LogP contribution is -2.36. The van der Waals surface area contributed by atoms with E-state index < -0.39 is 17.6 Å². The molecule has 2 amide bonds. The van der Waals surface area contributed by atoms with Crippen LogP contribution in [0.5, 0.6) is 0 Å². The van der Waals surface area contributed by atoms with Crippen molar-refractivity contribution in [2.75, 3.05) is 23.9 Å². The third kappa shape index (κ3) is 5.74. The van der Waals surface area contributed by atoms with E-state index in [0.717, 1.165) is 18.6 Å². The van der Waals surface area contributed by atoms with Gasteiger partial charge in [-0.15, -0.1) is 0 Å². The summed E-state index contributed by atoms with van der Waals surface area (Å²) in [6.07, 6.45) is 3.82. The van der Waals surface area contributed by atoms with Gasteiger partial charge in [0.15, 0.2) is 0 Å². The Morgan fingerprint density at radius 3 is 2.63 bits per heavy atom. The van der Waals surface area contributed by atoms with Gasteiger partial charge in [0.2, 0.25) is 0 Å². The summed E-state index contributed by atoms with van der Waals surface area (Å²) in [5.74, 6) is -1.14. The molecular weight excluding hydrogens is 267 g/mol. The van der Waals surface area contributed by atoms with E-state index in [1.807, 2.05) is 6.26 Å². The quantitative estimate of drug-likeness (QED) is 0.620. The van der Waals surface area contributed by atoms with Gasteiger partial charge in [-0.1, -0.05) is 12.1 Å². The largest absolute Gasteiger partial charge is 0.348 e. The zero-order valence-electron chi connectivity index (χ0n) is 10.7. The Morgan fingerprint density at radius 2 is 1.95 bits per heavy atom. The molecule has 0 aliphatic heterocycles. The van der Waals surface area contributed by atoms with Crippen molar-refractivity contribution >= 4 is 29.3 Å². The van der Waals surface area contributed by atoms with Crippen LogP contribution in [0.1, 0.15) is 12.8 Å². The normalized spacial score (nSPS) is 10.0. The number of nitrogens with one attached hydrogen (secondary N) is 2. The molecule has 1 aromatic carbocycles. The number of amides is 2. The van der Waals surface area contributed by atoms with Gasteiger partial charge in [-0.3, -0.25) is 9.59 Å². The van der Waals surface area contributed by atoms with E-state index in [9.17, 15) is 14.0 Å². The summed E-state index contributed by atoms with van der Waals surface area (Å²) in [5, 5.41) is 4.73. The molecule has 0 heterocycles. The first kappa shape index (κ1) is 15.5. The summed E-state index contributed by atoms with van der Waals surface area (Å²) >= 11 is 1.74. The minimum absolute atomic E-state index is 0.00466. The van der Waals surface area contributed by atoms with Crippen LogP contribution >= 0.6 is 11.8 Å². The number of thioether (sulfide) groups is 1. The Bertz CT molecular complexity index is 440. The second kappa shape index (κ2) is 8.53. The van der Waals surface area contributed by atoms with Gasteiger partial charge in [-0.05, 0) is 37.0 Å². The van der Waals surface area contributed by atoms with Crippen LogP contribution in [0, 0.1) is 5.82 Å². The number of anilines is 1. The maximum atomic E-state index is 13.3. The highest BCUT2D eigenvalue weighted by Crippen LogP contribution is 2.11. The van der Waals surface area contributed by atoms with E-state index in [0.29, 0.717) is 6.54 Å². The van der Waals surface area contributed by atoms with Crippen LogP contribution in [-0.4, -0.2) is 30.4 Å². The number of benzene rings is 1. The zero-order valence-corrected chi connectivity index (χ0v) is 11.6. The molecule has 0 radical (unpaired) electrons. The highest BCUT2D eigenvalue weighted by atomic mass is 32.2. The summed E-state index contributed by atoms with van der Waals surface area (Å²) in [5.41, 5.74) is 0.00466. The standard InChI is InChI=1S/C13H17FN2O2S/c1-19-9-5-4-8-15-12(17)13(18)16-11-7-3-2-6-10(11)14/h2-3,6-7H,4-5,8-9H2,1H3,(H,15,17)(H,16,18). The lowest BCUT2D eigenvalue weighted by molar-refractivity contribution is -0.136. The van der Waals surface area contributed by atoms with Crippen LogP contribution in [0.4, 0.5) is 10.1 Å². The van der Waals surface area contributed by atoms with Crippen LogP contribution in [0.25, 0.3) is 0 Å². The molecule has 0 fully saturated rings. The molecule has 1 rings (SSSR count). The molecule has 2 N–H and O–H groups in total. The van der Waals surface area contributed by atoms with Gasteiger partial charge in [0.05, 0.1) is 5.69 Å². The number of unbranched alkanes of at least 4 members (excludes halogenated alkanes) is 1. The van der Waals surface area contributed by atoms with Gasteiger partial charge in [-0.25, -0.2) is 4.39 Å². The lowest BCUT2D eigenvalue weighted by Gasteiger charge is -2.06. The van der Waals surface area contributed by atoms with Crippen molar-refractivity contribution < 1.29 is 14.0 Å². The predicted octanol–water partition coefficient (Wildman–Crippen LogP) is 2.02. The number of carbonyl (C=O) groups excluding carboxylic acids is 2. The summed E-state index contributed by atoms with van der Waals surface area (Å²) in [6.45, 7) is 0.448. The lowest BCUT2D eigenvalue weighted by atomic mass is 10.3. The molecule has 0 saturated carbocycles. The molecule has 4 nitrogen and oxygen atoms in total. The third-order valence-corrected chi connectivity index (χ3v) is 3.09. The second-order valence-electron chi connectivity index (χ2n) is 3.89. The van der Waals surface area contributed by atoms with Crippen molar-refractivity contribution in [2.45, 2.75) is 12.8 Å². The van der Waals surface area contributed by atoms with E-state index in [1.165, 1.54) is 18.2 Å². The van der Waals surface area contributed by atoms with Crippen LogP contribution < -0.4 is 10.6 Å². The average Bonchev–Trinajstić information content (AvgIpc) is 2.41. The van der Waals surface area contributed by atoms with Gasteiger partial charge >= 0.3 is 11.8 Å². The first-order valence-electron chi connectivity index (χ1n) is 5.98. The number of rotatable bonds is 6. The van der Waals surface area contributed by atoms with Gasteiger partial charge in [-0.2, -0.15) is 11.8 Å². The van der Waals surface area contributed by atoms with Gasteiger partial charge in [0.1, 0.15) is 5.82 Å². The fourth-order valence-electron chi connectivity index (χ4n) is 1.40. The molecule has 0 spiro atoms. The Kier molecular flexibility index (Phi) is 6.95. The van der Waals surface area contributed by atoms with Crippen LogP contribution in [0.3, 0.4) is 0 Å². The van der Waals surface area contributed by atoms with Crippen molar-refractivity contribution in [2.24, 2.45) is 0 Å². The number of hydrogen-bond donors (Lipinski definition) is 2. The van der Waals surface area contributed by atoms with E-state index in [1.54, 1.807) is 17.8 Å². The predicted molar refractivity (Wildman–Crippen MR) is 75.7 cm³/mol. The summed E-state index contributed by atoms with van der Waals surface area (Å²) in [7, 11) is 0. The highest BCUT2D eigenvalue weighted by molar-refractivity contribution is 7.98. The van der Waals surface area contributed by atoms with Crippen molar-refractivity contribution in [3.8, 4) is 0 Å². The summed E-state index contributed by atoms with van der Waals surface area (Å²) in [6, 6.07) is 5.71. The molecule has 0 aliphatic carbocycles. The fourth-order valence-corrected chi connectivity index (χ4v) is 1.89. The molecule has 6 heteroatoms. The smallest absolute Gasteiger partial charge is 0.313 e. The maximum Gasteiger partial charge on any atom is 0.313 e. The van der Waals surface area contributed by atoms with Gasteiger partial charge in [0, 0.05) is 6.54 Å². The van der Waals surface area contributed by atoms with Crippen molar-refractivity contribution in [3.63, 3.8) is 0 Å². The van der Waals surface area contributed by atoms with Crippen molar-refractivity contribution in [1.82, 2.24) is 5.32 Å². The molecular formula is C13H17FN2O2S. The van der Waals surface area contributed by atoms with Gasteiger partial charge < -0.3 is 10.6 Å². The number of carbonyl (C=O) groups is 2. The van der Waals surface area contributed by atoms with Crippen LogP contribution in [0.2, 0.25) is 0 Å². The summed E-state index contributed by atoms with van der Waals surface area (Å²) in [4.78, 5) is 22.9. The summed E-state index contributed by atoms with van der Waals surface area (Å²) < 4.78 is 13.3. The Labute approximate surface area is 116 Å². The van der Waals surface area contributed by atoms with Gasteiger partial charge in [0.25, 0.3) is 0 Å². The Morgan fingerprint density at radius 1 is 1.21 bits per heavy atom. The molecule has 0 unspecified atom stereocenters. The molecule has 0 saturated heterocycles. The van der Waals surface area contributed by atoms with E-state index in [2.05, 4.69) is 10.6 Å². The van der Waals surface area contributed by atoms with Crippen molar-refractivity contribution in [3.05, 3.63) is 30.1 Å². The van der Waals surface area contributed by atoms with E-state index in [4.69, 9.17) is 0 Å². The number of halogens is 1. The molecule has 104 valence electrons. The average molecular weight is 284 g/mol. The van der Waals surface area contributed by atoms with Crippen LogP contribution in [-0.2, 0) is 9.59 Å². The van der Waals surface area contributed by atoms with E-state index >= 15 is 0 Å². The highest BCUT2D eigenvalue weighted by Gasteiger charge is 2.14.